The molecule has 0 aliphatic heterocycles. The average Bonchev–Trinajstić information content (AvgIpc) is 2.83. The molecule has 3 unspecified atom stereocenters. The van der Waals surface area contributed by atoms with Crippen LogP contribution < -0.4 is 11.1 Å². The van der Waals surface area contributed by atoms with Gasteiger partial charge in [0.1, 0.15) is 0 Å². The Balaban J connectivity index is 0.00000200. The van der Waals surface area contributed by atoms with Gasteiger partial charge in [0.05, 0.1) is 6.10 Å². The minimum absolute atomic E-state index is 0. The number of rotatable bonds is 5. The molecular formula is C15H23ClN2O2. The Morgan fingerprint density at radius 1 is 1.35 bits per heavy atom. The van der Waals surface area contributed by atoms with Gasteiger partial charge < -0.3 is 16.2 Å². The highest BCUT2D eigenvalue weighted by Gasteiger charge is 2.25. The van der Waals surface area contributed by atoms with Crippen molar-refractivity contribution in [2.45, 2.75) is 37.8 Å². The van der Waals surface area contributed by atoms with E-state index in [1.807, 2.05) is 30.3 Å². The minimum atomic E-state index is -0.269. The third-order valence-corrected chi connectivity index (χ3v) is 3.81. The molecule has 0 saturated heterocycles. The normalized spacial score (nSPS) is 22.9. The standard InChI is InChI=1S/C15H22N2O2.ClH/c16-13(11-5-2-1-3-6-11)9-15(19)17-10-12-7-4-8-14(12)18;/h1-3,5-6,12-14,18H,4,7-10,16H2,(H,17,19);1H. The van der Waals surface area contributed by atoms with Crippen molar-refractivity contribution in [2.75, 3.05) is 6.54 Å². The zero-order chi connectivity index (χ0) is 13.7. The number of nitrogens with one attached hydrogen (secondary N) is 1. The summed E-state index contributed by atoms with van der Waals surface area (Å²) >= 11 is 0. The van der Waals surface area contributed by atoms with Crippen LogP contribution in [-0.2, 0) is 4.79 Å². The van der Waals surface area contributed by atoms with Gasteiger partial charge in [0.25, 0.3) is 0 Å². The first-order valence-electron chi connectivity index (χ1n) is 6.92. The maximum Gasteiger partial charge on any atom is 0.221 e. The van der Waals surface area contributed by atoms with Crippen molar-refractivity contribution < 1.29 is 9.90 Å². The number of aliphatic hydroxyl groups excluding tert-OH is 1. The molecule has 4 nitrogen and oxygen atoms in total. The summed E-state index contributed by atoms with van der Waals surface area (Å²) in [4.78, 5) is 11.8. The number of nitrogens with two attached hydrogens (primary N) is 1. The first kappa shape index (κ1) is 17.0. The van der Waals surface area contributed by atoms with Crippen LogP contribution in [0.4, 0.5) is 0 Å². The van der Waals surface area contributed by atoms with Gasteiger partial charge in [-0.25, -0.2) is 0 Å². The fraction of sp³-hybridized carbons (Fsp3) is 0.533. The molecule has 0 heterocycles. The van der Waals surface area contributed by atoms with Crippen molar-refractivity contribution in [3.63, 3.8) is 0 Å². The van der Waals surface area contributed by atoms with Gasteiger partial charge in [-0.15, -0.1) is 12.4 Å². The molecule has 112 valence electrons. The van der Waals surface area contributed by atoms with Crippen molar-refractivity contribution in [3.05, 3.63) is 35.9 Å². The first-order valence-corrected chi connectivity index (χ1v) is 6.92. The van der Waals surface area contributed by atoms with Gasteiger partial charge >= 0.3 is 0 Å². The lowest BCUT2D eigenvalue weighted by Gasteiger charge is -2.16. The second-order valence-corrected chi connectivity index (χ2v) is 5.28. The highest BCUT2D eigenvalue weighted by Crippen LogP contribution is 2.24. The summed E-state index contributed by atoms with van der Waals surface area (Å²) in [5.41, 5.74) is 6.97. The minimum Gasteiger partial charge on any atom is -0.393 e. The third kappa shape index (κ3) is 4.78. The monoisotopic (exact) mass is 298 g/mol. The molecule has 1 aromatic rings. The number of hydrogen-bond donors (Lipinski definition) is 3. The van der Waals surface area contributed by atoms with Crippen LogP contribution in [0.5, 0.6) is 0 Å². The Morgan fingerprint density at radius 2 is 2.05 bits per heavy atom. The molecule has 5 heteroatoms. The fourth-order valence-corrected chi connectivity index (χ4v) is 2.59. The molecule has 4 N–H and O–H groups in total. The Kier molecular flexibility index (Phi) is 6.99. The number of benzene rings is 1. The summed E-state index contributed by atoms with van der Waals surface area (Å²) in [7, 11) is 0. The highest BCUT2D eigenvalue weighted by atomic mass is 35.5. The number of carbonyl (C=O) groups excluding carboxylic acids is 1. The van der Waals surface area contributed by atoms with E-state index in [1.165, 1.54) is 0 Å². The number of halogens is 1. The van der Waals surface area contributed by atoms with Crippen LogP contribution in [0.15, 0.2) is 30.3 Å². The molecule has 0 radical (unpaired) electrons. The Labute approximate surface area is 126 Å². The van der Waals surface area contributed by atoms with Gasteiger partial charge in [-0.05, 0) is 18.4 Å². The Morgan fingerprint density at radius 3 is 2.65 bits per heavy atom. The lowest BCUT2D eigenvalue weighted by atomic mass is 10.0. The molecule has 20 heavy (non-hydrogen) atoms. The molecule has 0 aromatic heterocycles. The lowest BCUT2D eigenvalue weighted by molar-refractivity contribution is -0.121. The molecule has 1 aromatic carbocycles. The third-order valence-electron chi connectivity index (χ3n) is 3.81. The molecule has 0 spiro atoms. The van der Waals surface area contributed by atoms with E-state index < -0.39 is 0 Å². The van der Waals surface area contributed by atoms with Gasteiger partial charge in [-0.3, -0.25) is 4.79 Å². The first-order chi connectivity index (χ1) is 9.16. The predicted molar refractivity (Wildman–Crippen MR) is 81.6 cm³/mol. The van der Waals surface area contributed by atoms with Crippen LogP contribution >= 0.6 is 12.4 Å². The van der Waals surface area contributed by atoms with E-state index in [2.05, 4.69) is 5.32 Å². The van der Waals surface area contributed by atoms with Crippen molar-refractivity contribution in [1.29, 1.82) is 0 Å². The smallest absolute Gasteiger partial charge is 0.221 e. The molecule has 1 aliphatic carbocycles. The van der Waals surface area contributed by atoms with Gasteiger partial charge in [-0.2, -0.15) is 0 Å². The van der Waals surface area contributed by atoms with Crippen LogP contribution in [0.25, 0.3) is 0 Å². The molecule has 1 amide bonds. The maximum absolute atomic E-state index is 11.8. The van der Waals surface area contributed by atoms with Crippen molar-refractivity contribution in [1.82, 2.24) is 5.32 Å². The summed E-state index contributed by atoms with van der Waals surface area (Å²) in [6.07, 6.45) is 2.91. The summed E-state index contributed by atoms with van der Waals surface area (Å²) in [6.45, 7) is 0.557. The lowest BCUT2D eigenvalue weighted by Crippen LogP contribution is -2.34. The number of carbonyl (C=O) groups is 1. The van der Waals surface area contributed by atoms with Gasteiger partial charge in [0.2, 0.25) is 5.91 Å². The molecule has 1 aliphatic rings. The van der Waals surface area contributed by atoms with E-state index in [0.717, 1.165) is 24.8 Å². The summed E-state index contributed by atoms with van der Waals surface area (Å²) in [5, 5.41) is 12.6. The maximum atomic E-state index is 11.8. The number of hydrogen-bond acceptors (Lipinski definition) is 3. The van der Waals surface area contributed by atoms with Crippen LogP contribution in [0.3, 0.4) is 0 Å². The topological polar surface area (TPSA) is 75.4 Å². The summed E-state index contributed by atoms with van der Waals surface area (Å²) in [5.74, 6) is 0.160. The van der Waals surface area contributed by atoms with Crippen LogP contribution in [0.1, 0.15) is 37.3 Å². The molecule has 1 saturated carbocycles. The molecule has 2 rings (SSSR count). The SMILES string of the molecule is Cl.NC(CC(=O)NCC1CCCC1O)c1ccccc1. The zero-order valence-corrected chi connectivity index (χ0v) is 12.3. The average molecular weight is 299 g/mol. The Hall–Kier alpha value is -1.10. The molecular weight excluding hydrogens is 276 g/mol. The van der Waals surface area contributed by atoms with E-state index >= 15 is 0 Å². The van der Waals surface area contributed by atoms with E-state index in [1.54, 1.807) is 0 Å². The highest BCUT2D eigenvalue weighted by molar-refractivity contribution is 5.85. The van der Waals surface area contributed by atoms with Gasteiger partial charge in [-0.1, -0.05) is 36.8 Å². The number of aliphatic hydroxyl groups is 1. The molecule has 3 atom stereocenters. The zero-order valence-electron chi connectivity index (χ0n) is 11.5. The van der Waals surface area contributed by atoms with E-state index in [4.69, 9.17) is 5.73 Å². The molecule has 1 fully saturated rings. The largest absolute Gasteiger partial charge is 0.393 e. The van der Waals surface area contributed by atoms with Crippen LogP contribution in [0, 0.1) is 5.92 Å². The summed E-state index contributed by atoms with van der Waals surface area (Å²) in [6, 6.07) is 9.36. The van der Waals surface area contributed by atoms with Gasteiger partial charge in [0, 0.05) is 24.9 Å². The Bertz CT molecular complexity index is 414. The van der Waals surface area contributed by atoms with Crippen molar-refractivity contribution >= 4 is 18.3 Å². The van der Waals surface area contributed by atoms with E-state index in [9.17, 15) is 9.90 Å². The second-order valence-electron chi connectivity index (χ2n) is 5.28. The quantitative estimate of drug-likeness (QED) is 0.775. The predicted octanol–water partition coefficient (Wildman–Crippen LogP) is 1.78. The summed E-state index contributed by atoms with van der Waals surface area (Å²) < 4.78 is 0. The van der Waals surface area contributed by atoms with E-state index in [-0.39, 0.29) is 42.8 Å². The fourth-order valence-electron chi connectivity index (χ4n) is 2.59. The second kappa shape index (κ2) is 8.25. The van der Waals surface area contributed by atoms with E-state index in [0.29, 0.717) is 6.54 Å². The van der Waals surface area contributed by atoms with Gasteiger partial charge in [0.15, 0.2) is 0 Å². The van der Waals surface area contributed by atoms with Crippen LogP contribution in [0.2, 0.25) is 0 Å². The van der Waals surface area contributed by atoms with Crippen molar-refractivity contribution in [2.24, 2.45) is 11.7 Å². The number of amides is 1. The molecule has 0 bridgehead atoms. The van der Waals surface area contributed by atoms with Crippen molar-refractivity contribution in [3.8, 4) is 0 Å². The van der Waals surface area contributed by atoms with Crippen LogP contribution in [-0.4, -0.2) is 23.7 Å².